The van der Waals surface area contributed by atoms with Crippen molar-refractivity contribution in [3.63, 3.8) is 0 Å². The van der Waals surface area contributed by atoms with Crippen LogP contribution in [-0.2, 0) is 11.3 Å². The molecule has 0 aromatic heterocycles. The number of rotatable bonds is 4. The largest absolute Gasteiger partial charge is 0.390 e. The van der Waals surface area contributed by atoms with Gasteiger partial charge in [-0.1, -0.05) is 0 Å². The first-order valence-electron chi connectivity index (χ1n) is 7.50. The van der Waals surface area contributed by atoms with Crippen molar-refractivity contribution in [3.05, 3.63) is 12.7 Å². The fraction of sp³-hybridized carbons (Fsp3) is 0.643. The van der Waals surface area contributed by atoms with Crippen LogP contribution >= 0.6 is 0 Å². The minimum absolute atomic E-state index is 0.189. The molecule has 3 N–H and O–H groups in total. The van der Waals surface area contributed by atoms with Gasteiger partial charge in [0, 0.05) is 19.6 Å². The van der Waals surface area contributed by atoms with E-state index in [-0.39, 0.29) is 12.2 Å². The van der Waals surface area contributed by atoms with Crippen molar-refractivity contribution in [3.8, 4) is 11.5 Å². The number of nitrogens with two attached hydrogens (primary N) is 1. The predicted octanol–water partition coefficient (Wildman–Crippen LogP) is -0.170. The van der Waals surface area contributed by atoms with E-state index in [1.54, 1.807) is 10.9 Å². The summed E-state index contributed by atoms with van der Waals surface area (Å²) in [7, 11) is 0. The van der Waals surface area contributed by atoms with E-state index in [1.807, 2.05) is 0 Å². The number of β-amino-alcohol motifs (C(OH)–C–C–N with tert-alkyl or cyclic N) is 1. The van der Waals surface area contributed by atoms with Crippen LogP contribution < -0.4 is 5.73 Å². The van der Waals surface area contributed by atoms with E-state index in [2.05, 4.69) is 33.7 Å². The first-order valence-corrected chi connectivity index (χ1v) is 7.50. The third-order valence-corrected chi connectivity index (χ3v) is 3.80. The molecule has 1 unspecified atom stereocenters. The van der Waals surface area contributed by atoms with Crippen LogP contribution in [0.4, 0.5) is 5.82 Å². The van der Waals surface area contributed by atoms with Crippen LogP contribution in [0.5, 0.6) is 0 Å². The molecule has 0 spiro atoms. The highest BCUT2D eigenvalue weighted by atomic mass is 16.5. The van der Waals surface area contributed by atoms with Crippen molar-refractivity contribution in [2.75, 3.05) is 25.4 Å². The Morgan fingerprint density at radius 1 is 1.27 bits per heavy atom. The lowest BCUT2D eigenvalue weighted by atomic mass is 10.2. The van der Waals surface area contributed by atoms with Crippen molar-refractivity contribution in [2.45, 2.75) is 38.7 Å². The predicted molar refractivity (Wildman–Crippen MR) is 81.3 cm³/mol. The molecule has 3 aliphatic rings. The molecule has 22 heavy (non-hydrogen) atoms. The number of hydrogen-bond acceptors (Lipinski definition) is 7. The fourth-order valence-corrected chi connectivity index (χ4v) is 3.05. The van der Waals surface area contributed by atoms with E-state index in [9.17, 15) is 5.11 Å². The van der Waals surface area contributed by atoms with Crippen molar-refractivity contribution in [1.29, 1.82) is 0 Å². The van der Waals surface area contributed by atoms with Crippen molar-refractivity contribution in [2.24, 2.45) is 0 Å². The van der Waals surface area contributed by atoms with Gasteiger partial charge in [-0.05, 0) is 13.8 Å². The third kappa shape index (κ3) is 3.18. The van der Waals surface area contributed by atoms with Gasteiger partial charge in [0.1, 0.15) is 12.0 Å². The SMILES string of the molecule is C[C@@H]1CN(CC(O)Cn2cnc(N)c3ncnc2-3)C[C@H](C)O1. The summed E-state index contributed by atoms with van der Waals surface area (Å²) in [5.74, 6) is 1.00. The van der Waals surface area contributed by atoms with Gasteiger partial charge in [-0.25, -0.2) is 15.0 Å². The number of nitrogens with zero attached hydrogens (tertiary/aromatic N) is 5. The smallest absolute Gasteiger partial charge is 0.165 e. The summed E-state index contributed by atoms with van der Waals surface area (Å²) in [6, 6.07) is 0. The topological polar surface area (TPSA) is 102 Å². The second-order valence-corrected chi connectivity index (χ2v) is 5.96. The standard InChI is InChI=1S/C14H22N6O2/c1-9-3-19(4-10(2)22-9)5-11(21)6-20-8-18-13(15)12-14(20)17-7-16-12/h7-11,21H,3-6,15H2,1-2H3/t9-,10+,11?. The fourth-order valence-electron chi connectivity index (χ4n) is 3.05. The number of nitrogen functional groups attached to an aromatic ring is 1. The van der Waals surface area contributed by atoms with Gasteiger partial charge in [0.15, 0.2) is 11.6 Å². The Hall–Kier alpha value is -1.77. The molecule has 0 saturated carbocycles. The quantitative estimate of drug-likeness (QED) is 0.808. The maximum atomic E-state index is 10.4. The molecule has 3 aliphatic heterocycles. The van der Waals surface area contributed by atoms with E-state index in [0.717, 1.165) is 13.1 Å². The number of fused-ring (bicyclic) bond motifs is 1. The number of imidazole rings is 1. The number of morpholine rings is 1. The lowest BCUT2D eigenvalue weighted by molar-refractivity contribution is -0.0772. The molecule has 3 rings (SSSR count). The number of aliphatic hydroxyl groups is 1. The molecule has 0 aromatic carbocycles. The lowest BCUT2D eigenvalue weighted by Gasteiger charge is -2.36. The average Bonchev–Trinajstić information content (AvgIpc) is 2.91. The minimum Gasteiger partial charge on any atom is -0.390 e. The van der Waals surface area contributed by atoms with Gasteiger partial charge in [0.05, 0.1) is 31.2 Å². The summed E-state index contributed by atoms with van der Waals surface area (Å²) in [6.45, 7) is 6.76. The molecule has 8 nitrogen and oxygen atoms in total. The molecule has 0 aromatic rings. The molecule has 0 aliphatic carbocycles. The van der Waals surface area contributed by atoms with Crippen molar-refractivity contribution in [1.82, 2.24) is 24.4 Å². The molecule has 0 radical (unpaired) electrons. The number of aliphatic hydroxyl groups excluding tert-OH is 1. The molecular formula is C14H22N6O2. The van der Waals surface area contributed by atoms with Crippen LogP contribution in [0.3, 0.4) is 0 Å². The first kappa shape index (κ1) is 15.1. The Morgan fingerprint density at radius 2 is 2.00 bits per heavy atom. The van der Waals surface area contributed by atoms with Gasteiger partial charge >= 0.3 is 0 Å². The van der Waals surface area contributed by atoms with Gasteiger partial charge in [-0.3, -0.25) is 4.90 Å². The van der Waals surface area contributed by atoms with Gasteiger partial charge in [-0.15, -0.1) is 0 Å². The van der Waals surface area contributed by atoms with Gasteiger partial charge in [0.25, 0.3) is 0 Å². The highest BCUT2D eigenvalue weighted by molar-refractivity contribution is 5.64. The van der Waals surface area contributed by atoms with Gasteiger partial charge in [0.2, 0.25) is 0 Å². The Morgan fingerprint density at radius 3 is 2.73 bits per heavy atom. The number of hydrogen-bond donors (Lipinski definition) is 2. The summed E-state index contributed by atoms with van der Waals surface area (Å²) >= 11 is 0. The summed E-state index contributed by atoms with van der Waals surface area (Å²) < 4.78 is 7.49. The zero-order chi connectivity index (χ0) is 15.7. The van der Waals surface area contributed by atoms with E-state index in [1.165, 1.54) is 6.33 Å². The van der Waals surface area contributed by atoms with Gasteiger partial charge < -0.3 is 20.1 Å². The molecule has 8 heteroatoms. The highest BCUT2D eigenvalue weighted by Gasteiger charge is 2.24. The summed E-state index contributed by atoms with van der Waals surface area (Å²) in [4.78, 5) is 14.6. The number of ether oxygens (including phenoxy) is 1. The molecule has 3 heterocycles. The zero-order valence-corrected chi connectivity index (χ0v) is 12.9. The van der Waals surface area contributed by atoms with Crippen LogP contribution in [0.25, 0.3) is 11.5 Å². The van der Waals surface area contributed by atoms with E-state index in [4.69, 9.17) is 10.5 Å². The van der Waals surface area contributed by atoms with Crippen LogP contribution in [0, 0.1) is 0 Å². The molecular weight excluding hydrogens is 284 g/mol. The van der Waals surface area contributed by atoms with Crippen LogP contribution in [0.2, 0.25) is 0 Å². The van der Waals surface area contributed by atoms with E-state index < -0.39 is 6.10 Å². The number of aromatic nitrogens is 4. The highest BCUT2D eigenvalue weighted by Crippen LogP contribution is 2.21. The average molecular weight is 306 g/mol. The Balaban J connectivity index is 1.65. The second kappa shape index (κ2) is 6.15. The zero-order valence-electron chi connectivity index (χ0n) is 12.9. The summed E-state index contributed by atoms with van der Waals surface area (Å²) in [5.41, 5.74) is 6.34. The normalized spacial score (nSPS) is 24.7. The molecule has 1 saturated heterocycles. The molecule has 120 valence electrons. The summed E-state index contributed by atoms with van der Waals surface area (Å²) in [5, 5.41) is 10.4. The minimum atomic E-state index is -0.521. The maximum Gasteiger partial charge on any atom is 0.165 e. The maximum absolute atomic E-state index is 10.4. The molecule has 0 bridgehead atoms. The second-order valence-electron chi connectivity index (χ2n) is 5.96. The molecule has 0 amide bonds. The van der Waals surface area contributed by atoms with Crippen LogP contribution in [0.15, 0.2) is 12.7 Å². The number of anilines is 1. The Kier molecular flexibility index (Phi) is 4.23. The Labute approximate surface area is 129 Å². The summed E-state index contributed by atoms with van der Waals surface area (Å²) in [6.07, 6.45) is 2.91. The third-order valence-electron chi connectivity index (χ3n) is 3.80. The van der Waals surface area contributed by atoms with Gasteiger partial charge in [-0.2, -0.15) is 0 Å². The monoisotopic (exact) mass is 306 g/mol. The van der Waals surface area contributed by atoms with E-state index >= 15 is 0 Å². The molecule has 3 atom stereocenters. The van der Waals surface area contributed by atoms with Crippen LogP contribution in [-0.4, -0.2) is 67.5 Å². The van der Waals surface area contributed by atoms with E-state index in [0.29, 0.717) is 30.4 Å². The first-order chi connectivity index (χ1) is 10.5. The molecule has 1 fully saturated rings. The van der Waals surface area contributed by atoms with Crippen molar-refractivity contribution < 1.29 is 9.84 Å². The lowest BCUT2D eigenvalue weighted by Crippen LogP contribution is -2.48. The van der Waals surface area contributed by atoms with Crippen molar-refractivity contribution >= 4 is 5.82 Å². The van der Waals surface area contributed by atoms with Crippen LogP contribution in [0.1, 0.15) is 13.8 Å². The Bertz CT molecular complexity index is 593.